The van der Waals surface area contributed by atoms with Gasteiger partial charge in [-0.05, 0) is 6.08 Å². The third-order valence-electron chi connectivity index (χ3n) is 1.68. The zero-order valence-electron chi connectivity index (χ0n) is 8.01. The van der Waals surface area contributed by atoms with Gasteiger partial charge in [0.1, 0.15) is 0 Å². The van der Waals surface area contributed by atoms with Gasteiger partial charge < -0.3 is 10.1 Å². The van der Waals surface area contributed by atoms with Gasteiger partial charge in [0.2, 0.25) is 5.91 Å². The highest BCUT2D eigenvalue weighted by molar-refractivity contribution is 5.98. The lowest BCUT2D eigenvalue weighted by Gasteiger charge is -2.07. The van der Waals surface area contributed by atoms with Crippen LogP contribution in [0.4, 0.5) is 14.5 Å². The van der Waals surface area contributed by atoms with Crippen molar-refractivity contribution in [3.63, 3.8) is 0 Å². The highest BCUT2D eigenvalue weighted by atomic mass is 19.1. The Labute approximate surface area is 85.4 Å². The number of carbonyl (C=O) groups excluding carboxylic acids is 1. The molecule has 0 aromatic heterocycles. The first-order chi connectivity index (χ1) is 7.08. The van der Waals surface area contributed by atoms with E-state index in [0.29, 0.717) is 0 Å². The number of hydrogen-bond acceptors (Lipinski definition) is 2. The van der Waals surface area contributed by atoms with Gasteiger partial charge in [-0.1, -0.05) is 6.58 Å². The third kappa shape index (κ3) is 2.52. The maximum atomic E-state index is 13.2. The number of rotatable bonds is 3. The summed E-state index contributed by atoms with van der Waals surface area (Å²) in [5, 5.41) is 2.12. The van der Waals surface area contributed by atoms with Gasteiger partial charge in [-0.25, -0.2) is 8.78 Å². The molecule has 5 heteroatoms. The minimum atomic E-state index is -0.775. The van der Waals surface area contributed by atoms with Crippen molar-refractivity contribution in [3.8, 4) is 5.75 Å². The van der Waals surface area contributed by atoms with E-state index in [9.17, 15) is 13.6 Å². The van der Waals surface area contributed by atoms with Crippen LogP contribution in [-0.2, 0) is 4.79 Å². The molecule has 0 heterocycles. The Morgan fingerprint density at radius 3 is 2.67 bits per heavy atom. The Kier molecular flexibility index (Phi) is 3.38. The lowest BCUT2D eigenvalue weighted by atomic mass is 10.2. The second-order valence-corrected chi connectivity index (χ2v) is 2.66. The van der Waals surface area contributed by atoms with Crippen molar-refractivity contribution in [2.45, 2.75) is 0 Å². The summed E-state index contributed by atoms with van der Waals surface area (Å²) in [6, 6.07) is 1.70. The molecule has 0 saturated carbocycles. The molecule has 1 N–H and O–H groups in total. The van der Waals surface area contributed by atoms with Gasteiger partial charge in [-0.3, -0.25) is 4.79 Å². The predicted molar refractivity (Wildman–Crippen MR) is 51.7 cm³/mol. The van der Waals surface area contributed by atoms with Crippen molar-refractivity contribution in [2.24, 2.45) is 0 Å². The highest BCUT2D eigenvalue weighted by Crippen LogP contribution is 2.24. The Morgan fingerprint density at radius 2 is 2.13 bits per heavy atom. The predicted octanol–water partition coefficient (Wildman–Crippen LogP) is 2.10. The van der Waals surface area contributed by atoms with E-state index in [4.69, 9.17) is 0 Å². The molecule has 1 rings (SSSR count). The molecule has 80 valence electrons. The van der Waals surface area contributed by atoms with E-state index in [2.05, 4.69) is 16.6 Å². The van der Waals surface area contributed by atoms with E-state index >= 15 is 0 Å². The average molecular weight is 213 g/mol. The second kappa shape index (κ2) is 4.54. The number of benzene rings is 1. The lowest BCUT2D eigenvalue weighted by molar-refractivity contribution is -0.111. The zero-order chi connectivity index (χ0) is 11.4. The summed E-state index contributed by atoms with van der Waals surface area (Å²) in [5.41, 5.74) is -0.252. The summed E-state index contributed by atoms with van der Waals surface area (Å²) in [4.78, 5) is 10.8. The van der Waals surface area contributed by atoms with Crippen LogP contribution in [0.25, 0.3) is 0 Å². The molecule has 0 atom stereocenters. The van der Waals surface area contributed by atoms with E-state index in [0.717, 1.165) is 18.2 Å². The molecule has 0 unspecified atom stereocenters. The van der Waals surface area contributed by atoms with E-state index in [1.807, 2.05) is 0 Å². The molecule has 15 heavy (non-hydrogen) atoms. The van der Waals surface area contributed by atoms with Crippen LogP contribution in [-0.4, -0.2) is 13.0 Å². The Balaban J connectivity index is 3.05. The van der Waals surface area contributed by atoms with E-state index in [-0.39, 0.29) is 11.4 Å². The van der Waals surface area contributed by atoms with E-state index in [1.54, 1.807) is 0 Å². The molecule has 0 aliphatic rings. The smallest absolute Gasteiger partial charge is 0.247 e. The highest BCUT2D eigenvalue weighted by Gasteiger charge is 2.11. The number of hydrogen-bond donors (Lipinski definition) is 1. The normalized spacial score (nSPS) is 9.53. The molecular weight excluding hydrogens is 204 g/mol. The van der Waals surface area contributed by atoms with Crippen LogP contribution >= 0.6 is 0 Å². The molecular formula is C10H9F2NO2. The molecule has 1 aromatic carbocycles. The SMILES string of the molecule is C=CC(=O)Nc1cc(F)c(OC)cc1F. The van der Waals surface area contributed by atoms with Crippen LogP contribution in [0.5, 0.6) is 5.75 Å². The fourth-order valence-corrected chi connectivity index (χ4v) is 0.965. The third-order valence-corrected chi connectivity index (χ3v) is 1.68. The fraction of sp³-hybridized carbons (Fsp3) is 0.100. The summed E-state index contributed by atoms with van der Waals surface area (Å²) in [7, 11) is 1.22. The minimum absolute atomic E-state index is 0.218. The molecule has 1 aromatic rings. The van der Waals surface area contributed by atoms with Crippen LogP contribution in [0, 0.1) is 11.6 Å². The Bertz CT molecular complexity index is 405. The molecule has 0 saturated heterocycles. The van der Waals surface area contributed by atoms with Gasteiger partial charge in [-0.2, -0.15) is 0 Å². The molecule has 0 aliphatic heterocycles. The van der Waals surface area contributed by atoms with Crippen LogP contribution < -0.4 is 10.1 Å². The van der Waals surface area contributed by atoms with E-state index in [1.165, 1.54) is 7.11 Å². The standard InChI is InChI=1S/C10H9F2NO2/c1-3-10(14)13-8-4-7(12)9(15-2)5-6(8)11/h3-5H,1H2,2H3,(H,13,14). The average Bonchev–Trinajstić information content (AvgIpc) is 2.22. The fourth-order valence-electron chi connectivity index (χ4n) is 0.965. The molecule has 0 spiro atoms. The van der Waals surface area contributed by atoms with Gasteiger partial charge in [0, 0.05) is 12.1 Å². The summed E-state index contributed by atoms with van der Waals surface area (Å²) < 4.78 is 30.9. The van der Waals surface area contributed by atoms with Crippen molar-refractivity contribution in [1.82, 2.24) is 0 Å². The van der Waals surface area contributed by atoms with Gasteiger partial charge >= 0.3 is 0 Å². The maximum Gasteiger partial charge on any atom is 0.247 e. The Morgan fingerprint density at radius 1 is 1.47 bits per heavy atom. The summed E-state index contributed by atoms with van der Waals surface area (Å²) in [6.45, 7) is 3.19. The van der Waals surface area contributed by atoms with Gasteiger partial charge in [-0.15, -0.1) is 0 Å². The van der Waals surface area contributed by atoms with Crippen LogP contribution in [0.3, 0.4) is 0 Å². The quantitative estimate of drug-likeness (QED) is 0.781. The maximum absolute atomic E-state index is 13.2. The molecule has 0 aliphatic carbocycles. The van der Waals surface area contributed by atoms with Crippen molar-refractivity contribution in [1.29, 1.82) is 0 Å². The number of methoxy groups -OCH3 is 1. The molecule has 0 bridgehead atoms. The monoisotopic (exact) mass is 213 g/mol. The van der Waals surface area contributed by atoms with Gasteiger partial charge in [0.15, 0.2) is 17.4 Å². The number of halogens is 2. The second-order valence-electron chi connectivity index (χ2n) is 2.66. The first-order valence-electron chi connectivity index (χ1n) is 4.05. The number of nitrogens with one attached hydrogen (secondary N) is 1. The molecule has 1 amide bonds. The van der Waals surface area contributed by atoms with Gasteiger partial charge in [0.25, 0.3) is 0 Å². The summed E-state index contributed by atoms with van der Waals surface area (Å²) in [5.74, 6) is -2.36. The van der Waals surface area contributed by atoms with Crippen molar-refractivity contribution < 1.29 is 18.3 Å². The Hall–Kier alpha value is -1.91. The van der Waals surface area contributed by atoms with Crippen molar-refractivity contribution in [2.75, 3.05) is 12.4 Å². The first kappa shape index (κ1) is 11.2. The van der Waals surface area contributed by atoms with Crippen LogP contribution in [0.15, 0.2) is 24.8 Å². The minimum Gasteiger partial charge on any atom is -0.494 e. The first-order valence-corrected chi connectivity index (χ1v) is 4.05. The largest absolute Gasteiger partial charge is 0.494 e. The summed E-state index contributed by atoms with van der Waals surface area (Å²) >= 11 is 0. The molecule has 0 fully saturated rings. The lowest BCUT2D eigenvalue weighted by Crippen LogP contribution is -2.09. The van der Waals surface area contributed by atoms with E-state index < -0.39 is 17.5 Å². The topological polar surface area (TPSA) is 38.3 Å². The number of amides is 1. The zero-order valence-corrected chi connectivity index (χ0v) is 8.01. The van der Waals surface area contributed by atoms with Crippen molar-refractivity contribution in [3.05, 3.63) is 36.4 Å². The number of carbonyl (C=O) groups is 1. The molecule has 0 radical (unpaired) electrons. The van der Waals surface area contributed by atoms with Crippen molar-refractivity contribution >= 4 is 11.6 Å². The number of ether oxygens (including phenoxy) is 1. The van der Waals surface area contributed by atoms with Crippen LogP contribution in [0.2, 0.25) is 0 Å². The number of anilines is 1. The van der Waals surface area contributed by atoms with Crippen LogP contribution in [0.1, 0.15) is 0 Å². The van der Waals surface area contributed by atoms with Gasteiger partial charge in [0.05, 0.1) is 12.8 Å². The molecule has 3 nitrogen and oxygen atoms in total. The summed E-state index contributed by atoms with van der Waals surface area (Å²) in [6.07, 6.45) is 0.960.